The number of hydrogen-bond acceptors (Lipinski definition) is 4. The topological polar surface area (TPSA) is 76.7 Å². The second-order valence-corrected chi connectivity index (χ2v) is 7.52. The summed E-state index contributed by atoms with van der Waals surface area (Å²) in [5.74, 6) is -0.247. The minimum absolute atomic E-state index is 0.247. The van der Waals surface area contributed by atoms with Crippen LogP contribution < -0.4 is 16.0 Å². The first-order valence-corrected chi connectivity index (χ1v) is 9.07. The SMILES string of the molecule is CNC(=O)C(NC(=O)NC(C)(C)CN1CCN(C)CC1)c1ccccc1. The Bertz CT molecular complexity index is 597. The highest BCUT2D eigenvalue weighted by atomic mass is 16.2. The van der Waals surface area contributed by atoms with Crippen molar-refractivity contribution >= 4 is 11.9 Å². The number of benzene rings is 1. The quantitative estimate of drug-likeness (QED) is 0.700. The number of nitrogens with one attached hydrogen (secondary N) is 3. The van der Waals surface area contributed by atoms with Gasteiger partial charge in [0.25, 0.3) is 0 Å². The van der Waals surface area contributed by atoms with Crippen LogP contribution in [0.25, 0.3) is 0 Å². The number of piperazine rings is 1. The summed E-state index contributed by atoms with van der Waals surface area (Å²) in [7, 11) is 3.69. The van der Waals surface area contributed by atoms with Crippen LogP contribution in [0.15, 0.2) is 30.3 Å². The Kier molecular flexibility index (Phi) is 6.99. The number of amides is 3. The average Bonchev–Trinajstić information content (AvgIpc) is 2.61. The van der Waals surface area contributed by atoms with Crippen LogP contribution in [-0.2, 0) is 4.79 Å². The minimum atomic E-state index is -0.722. The number of hydrogen-bond donors (Lipinski definition) is 3. The van der Waals surface area contributed by atoms with Crippen LogP contribution >= 0.6 is 0 Å². The minimum Gasteiger partial charge on any atom is -0.357 e. The zero-order valence-electron chi connectivity index (χ0n) is 16.2. The molecule has 1 atom stereocenters. The molecule has 1 aliphatic rings. The molecular weight excluding hydrogens is 330 g/mol. The van der Waals surface area contributed by atoms with E-state index in [2.05, 4.69) is 32.8 Å². The monoisotopic (exact) mass is 361 g/mol. The molecule has 1 saturated heterocycles. The van der Waals surface area contributed by atoms with Gasteiger partial charge in [-0.05, 0) is 26.5 Å². The molecule has 0 aliphatic carbocycles. The van der Waals surface area contributed by atoms with Crippen molar-refractivity contribution in [2.75, 3.05) is 46.8 Å². The molecule has 26 heavy (non-hydrogen) atoms. The molecule has 3 amide bonds. The fraction of sp³-hybridized carbons (Fsp3) is 0.579. The largest absolute Gasteiger partial charge is 0.357 e. The summed E-state index contributed by atoms with van der Waals surface area (Å²) >= 11 is 0. The second kappa shape index (κ2) is 9.00. The first-order valence-electron chi connectivity index (χ1n) is 9.07. The van der Waals surface area contributed by atoms with Gasteiger partial charge in [-0.2, -0.15) is 0 Å². The van der Waals surface area contributed by atoms with Crippen molar-refractivity contribution in [1.82, 2.24) is 25.8 Å². The van der Waals surface area contributed by atoms with Gasteiger partial charge in [0, 0.05) is 45.3 Å². The van der Waals surface area contributed by atoms with Gasteiger partial charge in [-0.3, -0.25) is 9.69 Å². The molecule has 1 aliphatic heterocycles. The van der Waals surface area contributed by atoms with Crippen LogP contribution in [0.5, 0.6) is 0 Å². The lowest BCUT2D eigenvalue weighted by Crippen LogP contribution is -2.57. The number of nitrogens with zero attached hydrogens (tertiary/aromatic N) is 2. The summed E-state index contributed by atoms with van der Waals surface area (Å²) in [4.78, 5) is 29.4. The lowest BCUT2D eigenvalue weighted by Gasteiger charge is -2.38. The fourth-order valence-electron chi connectivity index (χ4n) is 3.17. The molecule has 1 aromatic rings. The van der Waals surface area contributed by atoms with E-state index in [1.54, 1.807) is 7.05 Å². The highest BCUT2D eigenvalue weighted by Gasteiger charge is 2.28. The van der Waals surface area contributed by atoms with Crippen LogP contribution in [0, 0.1) is 0 Å². The van der Waals surface area contributed by atoms with Crippen LogP contribution in [0.1, 0.15) is 25.5 Å². The summed E-state index contributed by atoms with van der Waals surface area (Å²) in [6.45, 7) is 8.83. The van der Waals surface area contributed by atoms with E-state index in [9.17, 15) is 9.59 Å². The van der Waals surface area contributed by atoms with E-state index in [1.165, 1.54) is 0 Å². The van der Waals surface area contributed by atoms with Crippen molar-refractivity contribution in [2.45, 2.75) is 25.4 Å². The predicted molar refractivity (Wildman–Crippen MR) is 103 cm³/mol. The summed E-state index contributed by atoms with van der Waals surface area (Å²) in [6.07, 6.45) is 0. The van der Waals surface area contributed by atoms with Gasteiger partial charge in [-0.25, -0.2) is 4.79 Å². The van der Waals surface area contributed by atoms with Crippen LogP contribution in [0.2, 0.25) is 0 Å². The number of carbonyl (C=O) groups excluding carboxylic acids is 2. The highest BCUT2D eigenvalue weighted by Crippen LogP contribution is 2.13. The van der Waals surface area contributed by atoms with E-state index in [0.29, 0.717) is 0 Å². The zero-order valence-corrected chi connectivity index (χ0v) is 16.2. The van der Waals surface area contributed by atoms with Gasteiger partial charge in [0.1, 0.15) is 6.04 Å². The van der Waals surface area contributed by atoms with Gasteiger partial charge >= 0.3 is 6.03 Å². The molecule has 1 unspecified atom stereocenters. The molecule has 7 heteroatoms. The first-order chi connectivity index (χ1) is 12.3. The maximum Gasteiger partial charge on any atom is 0.316 e. The zero-order chi connectivity index (χ0) is 19.2. The normalized spacial score (nSPS) is 17.4. The maximum atomic E-state index is 12.5. The molecule has 1 fully saturated rings. The summed E-state index contributed by atoms with van der Waals surface area (Å²) in [5.41, 5.74) is 0.350. The third-order valence-corrected chi connectivity index (χ3v) is 4.58. The first kappa shape index (κ1) is 20.2. The third-order valence-electron chi connectivity index (χ3n) is 4.58. The molecule has 3 N–H and O–H groups in total. The molecule has 0 bridgehead atoms. The Hall–Kier alpha value is -2.12. The van der Waals surface area contributed by atoms with Crippen LogP contribution in [-0.4, -0.2) is 74.1 Å². The predicted octanol–water partition coefficient (Wildman–Crippen LogP) is 0.799. The Morgan fingerprint density at radius 1 is 1.12 bits per heavy atom. The van der Waals surface area contributed by atoms with E-state index in [0.717, 1.165) is 38.3 Å². The van der Waals surface area contributed by atoms with E-state index in [4.69, 9.17) is 0 Å². The molecular formula is C19H31N5O2. The summed E-state index contributed by atoms with van der Waals surface area (Å²) < 4.78 is 0. The molecule has 7 nitrogen and oxygen atoms in total. The van der Waals surface area contributed by atoms with Crippen molar-refractivity contribution in [1.29, 1.82) is 0 Å². The molecule has 2 rings (SSSR count). The number of rotatable bonds is 6. The molecule has 1 aromatic carbocycles. The molecule has 0 radical (unpaired) electrons. The average molecular weight is 361 g/mol. The van der Waals surface area contributed by atoms with Gasteiger partial charge in [0.05, 0.1) is 0 Å². The molecule has 1 heterocycles. The Labute approximate surface area is 156 Å². The van der Waals surface area contributed by atoms with Gasteiger partial charge in [0.15, 0.2) is 0 Å². The van der Waals surface area contributed by atoms with Gasteiger partial charge in [-0.1, -0.05) is 30.3 Å². The molecule has 144 valence electrons. The smallest absolute Gasteiger partial charge is 0.316 e. The summed E-state index contributed by atoms with van der Waals surface area (Å²) in [6, 6.07) is 8.17. The fourth-order valence-corrected chi connectivity index (χ4v) is 3.17. The van der Waals surface area contributed by atoms with Crippen molar-refractivity contribution in [2.24, 2.45) is 0 Å². The number of likely N-dealkylation sites (N-methyl/N-ethyl adjacent to an activating group) is 2. The Morgan fingerprint density at radius 2 is 1.73 bits per heavy atom. The lowest BCUT2D eigenvalue weighted by molar-refractivity contribution is -0.122. The molecule has 0 saturated carbocycles. The van der Waals surface area contributed by atoms with Crippen molar-refractivity contribution < 1.29 is 9.59 Å². The van der Waals surface area contributed by atoms with E-state index in [1.807, 2.05) is 44.2 Å². The Morgan fingerprint density at radius 3 is 2.31 bits per heavy atom. The lowest BCUT2D eigenvalue weighted by atomic mass is 10.0. The number of urea groups is 1. The molecule has 0 spiro atoms. The van der Waals surface area contributed by atoms with E-state index in [-0.39, 0.29) is 11.9 Å². The standard InChI is InChI=1S/C19H31N5O2/c1-19(2,14-24-12-10-23(4)11-13-24)22-18(26)21-16(17(25)20-3)15-8-6-5-7-9-15/h5-9,16H,10-14H2,1-4H3,(H,20,25)(H2,21,22,26). The van der Waals surface area contributed by atoms with Gasteiger partial charge in [-0.15, -0.1) is 0 Å². The highest BCUT2D eigenvalue weighted by molar-refractivity contribution is 5.88. The van der Waals surface area contributed by atoms with Crippen LogP contribution in [0.4, 0.5) is 4.79 Å². The van der Waals surface area contributed by atoms with Crippen molar-refractivity contribution in [3.8, 4) is 0 Å². The van der Waals surface area contributed by atoms with Crippen molar-refractivity contribution in [3.63, 3.8) is 0 Å². The van der Waals surface area contributed by atoms with E-state index < -0.39 is 11.6 Å². The second-order valence-electron chi connectivity index (χ2n) is 7.52. The number of carbonyl (C=O) groups is 2. The van der Waals surface area contributed by atoms with Gasteiger partial charge < -0.3 is 20.9 Å². The van der Waals surface area contributed by atoms with Crippen molar-refractivity contribution in [3.05, 3.63) is 35.9 Å². The summed E-state index contributed by atoms with van der Waals surface area (Å²) in [5, 5.41) is 8.41. The van der Waals surface area contributed by atoms with Crippen LogP contribution in [0.3, 0.4) is 0 Å². The Balaban J connectivity index is 1.95. The van der Waals surface area contributed by atoms with Gasteiger partial charge in [0.2, 0.25) is 5.91 Å². The van der Waals surface area contributed by atoms with E-state index >= 15 is 0 Å². The third kappa shape index (κ3) is 6.00. The maximum absolute atomic E-state index is 12.5. The molecule has 0 aromatic heterocycles.